The van der Waals surface area contributed by atoms with Crippen molar-refractivity contribution in [3.8, 4) is 27.8 Å². The number of ether oxygens (including phenoxy) is 3. The van der Waals surface area contributed by atoms with Gasteiger partial charge >= 0.3 is 0 Å². The van der Waals surface area contributed by atoms with Gasteiger partial charge in [-0.1, -0.05) is 0 Å². The Morgan fingerprint density at radius 3 is 2.35 bits per heavy atom. The molecule has 0 spiro atoms. The average molecular weight is 483 g/mol. The maximum Gasteiger partial charge on any atom is 0.275 e. The monoisotopic (exact) mass is 482 g/mol. The van der Waals surface area contributed by atoms with E-state index in [1.54, 1.807) is 55.0 Å². The van der Waals surface area contributed by atoms with E-state index < -0.39 is 11.6 Å². The molecule has 4 rings (SSSR count). The van der Waals surface area contributed by atoms with Crippen LogP contribution in [0.3, 0.4) is 0 Å². The van der Waals surface area contributed by atoms with Gasteiger partial charge in [0.1, 0.15) is 34.7 Å². The number of hydrogen-bond acceptors (Lipinski definition) is 6. The molecule has 0 atom stereocenters. The number of carbonyl (C=O) groups excluding carboxylic acids is 1. The first-order chi connectivity index (χ1) is 16.4. The molecule has 1 amide bonds. The lowest BCUT2D eigenvalue weighted by atomic mass is 10.2. The van der Waals surface area contributed by atoms with Crippen molar-refractivity contribution in [3.63, 3.8) is 0 Å². The number of halogens is 2. The minimum absolute atomic E-state index is 0.0304. The maximum absolute atomic E-state index is 13.4. The first kappa shape index (κ1) is 23.2. The zero-order chi connectivity index (χ0) is 24.1. The van der Waals surface area contributed by atoms with Crippen LogP contribution in [0.2, 0.25) is 0 Å². The van der Waals surface area contributed by atoms with Crippen LogP contribution in [-0.4, -0.2) is 25.1 Å². The third-order valence-corrected chi connectivity index (χ3v) is 5.70. The first-order valence-corrected chi connectivity index (χ1v) is 11.0. The van der Waals surface area contributed by atoms with Gasteiger partial charge in [0.25, 0.3) is 5.91 Å². The molecule has 0 unspecified atom stereocenters. The molecule has 0 radical (unpaired) electrons. The molecule has 0 aliphatic carbocycles. The number of nitrogens with zero attached hydrogens (tertiary/aromatic N) is 1. The lowest BCUT2D eigenvalue weighted by Gasteiger charge is -2.12. The van der Waals surface area contributed by atoms with Gasteiger partial charge in [-0.3, -0.25) is 4.79 Å². The van der Waals surface area contributed by atoms with E-state index in [0.717, 1.165) is 11.6 Å². The Morgan fingerprint density at radius 2 is 1.68 bits per heavy atom. The van der Waals surface area contributed by atoms with Gasteiger partial charge in [0.15, 0.2) is 11.5 Å². The first-order valence-electron chi connectivity index (χ1n) is 10.1. The molecule has 9 heteroatoms. The quantitative estimate of drug-likeness (QED) is 0.337. The highest BCUT2D eigenvalue weighted by atomic mass is 32.1. The van der Waals surface area contributed by atoms with Crippen LogP contribution in [0.5, 0.6) is 17.2 Å². The molecule has 34 heavy (non-hydrogen) atoms. The molecule has 0 aliphatic heterocycles. The molecule has 0 bridgehead atoms. The van der Waals surface area contributed by atoms with Crippen LogP contribution in [0.4, 0.5) is 14.5 Å². The molecule has 1 aromatic heterocycles. The van der Waals surface area contributed by atoms with Gasteiger partial charge in [0.2, 0.25) is 0 Å². The fourth-order valence-electron chi connectivity index (χ4n) is 3.16. The number of aromatic nitrogens is 1. The highest BCUT2D eigenvalue weighted by molar-refractivity contribution is 7.13. The van der Waals surface area contributed by atoms with Gasteiger partial charge < -0.3 is 19.5 Å². The van der Waals surface area contributed by atoms with Crippen LogP contribution in [0.25, 0.3) is 10.6 Å². The fraction of sp³-hybridized carbons (Fsp3) is 0.120. The zero-order valence-electron chi connectivity index (χ0n) is 18.3. The minimum Gasteiger partial charge on any atom is -0.497 e. The standard InChI is InChI=1S/C25H20F2N2O4S/c1-31-20-6-4-19(5-7-20)28-24(30)21-14-34-25(29-21)16-3-8-22(23(11-16)32-2)33-13-15-9-17(26)12-18(27)10-15/h3-12,14H,13H2,1-2H3,(H,28,30). The number of amides is 1. The molecule has 1 N–H and O–H groups in total. The summed E-state index contributed by atoms with van der Waals surface area (Å²) in [4.78, 5) is 17.0. The van der Waals surface area contributed by atoms with Crippen molar-refractivity contribution < 1.29 is 27.8 Å². The Bertz CT molecular complexity index is 1290. The van der Waals surface area contributed by atoms with E-state index in [-0.39, 0.29) is 18.2 Å². The minimum atomic E-state index is -0.670. The Morgan fingerprint density at radius 1 is 0.941 bits per heavy atom. The number of rotatable bonds is 8. The second-order valence-electron chi connectivity index (χ2n) is 7.15. The van der Waals surface area contributed by atoms with E-state index in [1.807, 2.05) is 0 Å². The van der Waals surface area contributed by atoms with Crippen LogP contribution in [0.1, 0.15) is 16.1 Å². The number of benzene rings is 3. The SMILES string of the molecule is COc1ccc(NC(=O)c2csc(-c3ccc(OCc4cc(F)cc(F)c4)c(OC)c3)n2)cc1. The number of anilines is 1. The van der Waals surface area contributed by atoms with Crippen molar-refractivity contribution >= 4 is 22.9 Å². The smallest absolute Gasteiger partial charge is 0.275 e. The van der Waals surface area contributed by atoms with Crippen molar-refractivity contribution in [1.82, 2.24) is 4.98 Å². The summed E-state index contributed by atoms with van der Waals surface area (Å²) in [6.45, 7) is -0.0304. The van der Waals surface area contributed by atoms with E-state index in [0.29, 0.717) is 33.5 Å². The normalized spacial score (nSPS) is 10.6. The lowest BCUT2D eigenvalue weighted by Crippen LogP contribution is -2.12. The molecule has 1 heterocycles. The van der Waals surface area contributed by atoms with Crippen LogP contribution in [0.15, 0.2) is 66.0 Å². The van der Waals surface area contributed by atoms with Gasteiger partial charge in [0.05, 0.1) is 14.2 Å². The number of nitrogens with one attached hydrogen (secondary N) is 1. The molecule has 3 aromatic carbocycles. The van der Waals surface area contributed by atoms with E-state index in [9.17, 15) is 13.6 Å². The van der Waals surface area contributed by atoms with Gasteiger partial charge in [-0.2, -0.15) is 0 Å². The van der Waals surface area contributed by atoms with Crippen LogP contribution in [0, 0.1) is 11.6 Å². The van der Waals surface area contributed by atoms with Crippen molar-refractivity contribution in [2.24, 2.45) is 0 Å². The Labute approximate surface area is 198 Å². The summed E-state index contributed by atoms with van der Waals surface area (Å²) in [5.41, 5.74) is 2.00. The highest BCUT2D eigenvalue weighted by Crippen LogP contribution is 2.34. The predicted octanol–water partition coefficient (Wildman–Crippen LogP) is 5.94. The van der Waals surface area contributed by atoms with E-state index in [1.165, 1.54) is 30.6 Å². The van der Waals surface area contributed by atoms with Crippen molar-refractivity contribution in [2.75, 3.05) is 19.5 Å². The van der Waals surface area contributed by atoms with Gasteiger partial charge in [-0.25, -0.2) is 13.8 Å². The summed E-state index contributed by atoms with van der Waals surface area (Å²) in [6.07, 6.45) is 0. The van der Waals surface area contributed by atoms with Crippen molar-refractivity contribution in [1.29, 1.82) is 0 Å². The van der Waals surface area contributed by atoms with Crippen LogP contribution in [-0.2, 0) is 6.61 Å². The third-order valence-electron chi connectivity index (χ3n) is 4.81. The van der Waals surface area contributed by atoms with E-state index in [4.69, 9.17) is 14.2 Å². The summed E-state index contributed by atoms with van der Waals surface area (Å²) in [7, 11) is 3.06. The van der Waals surface area contributed by atoms with Crippen molar-refractivity contribution in [2.45, 2.75) is 6.61 Å². The summed E-state index contributed by atoms with van der Waals surface area (Å²) in [6, 6.07) is 15.4. The predicted molar refractivity (Wildman–Crippen MR) is 126 cm³/mol. The van der Waals surface area contributed by atoms with Gasteiger partial charge in [-0.05, 0) is 60.2 Å². The van der Waals surface area contributed by atoms with E-state index >= 15 is 0 Å². The highest BCUT2D eigenvalue weighted by Gasteiger charge is 2.15. The van der Waals surface area contributed by atoms with Gasteiger partial charge in [-0.15, -0.1) is 11.3 Å². The molecule has 0 saturated carbocycles. The number of carbonyl (C=O) groups is 1. The van der Waals surface area contributed by atoms with Crippen LogP contribution < -0.4 is 19.5 Å². The second-order valence-corrected chi connectivity index (χ2v) is 8.01. The van der Waals surface area contributed by atoms with E-state index in [2.05, 4.69) is 10.3 Å². The average Bonchev–Trinajstić information content (AvgIpc) is 3.33. The Kier molecular flexibility index (Phi) is 7.03. The number of thiazole rings is 1. The summed E-state index contributed by atoms with van der Waals surface area (Å²) < 4.78 is 43.0. The summed E-state index contributed by atoms with van der Waals surface area (Å²) >= 11 is 1.31. The van der Waals surface area contributed by atoms with Gasteiger partial charge in [0, 0.05) is 22.7 Å². The largest absolute Gasteiger partial charge is 0.497 e. The Balaban J connectivity index is 1.46. The molecule has 0 aliphatic rings. The maximum atomic E-state index is 13.4. The number of methoxy groups -OCH3 is 2. The lowest BCUT2D eigenvalue weighted by molar-refractivity contribution is 0.102. The number of hydrogen-bond donors (Lipinski definition) is 1. The zero-order valence-corrected chi connectivity index (χ0v) is 19.1. The molecule has 4 aromatic rings. The molecule has 0 fully saturated rings. The second kappa shape index (κ2) is 10.3. The molecular formula is C25H20F2N2O4S. The summed E-state index contributed by atoms with van der Waals surface area (Å²) in [5.74, 6) is -0.146. The van der Waals surface area contributed by atoms with Crippen molar-refractivity contribution in [3.05, 3.63) is 88.9 Å². The third kappa shape index (κ3) is 5.49. The Hall–Kier alpha value is -3.98. The summed E-state index contributed by atoms with van der Waals surface area (Å²) in [5, 5.41) is 5.09. The molecular weight excluding hydrogens is 462 g/mol. The topological polar surface area (TPSA) is 69.7 Å². The molecule has 0 saturated heterocycles. The molecule has 174 valence electrons. The molecule has 6 nitrogen and oxygen atoms in total. The van der Waals surface area contributed by atoms with Crippen LogP contribution >= 0.6 is 11.3 Å². The fourth-order valence-corrected chi connectivity index (χ4v) is 3.95.